The first-order chi connectivity index (χ1) is 9.38. The van der Waals surface area contributed by atoms with Crippen LogP contribution in [0.1, 0.15) is 50.8 Å². The zero-order chi connectivity index (χ0) is 15.3. The molecule has 0 heterocycles. The van der Waals surface area contributed by atoms with Gasteiger partial charge in [0.15, 0.2) is 5.78 Å². The maximum absolute atomic E-state index is 12.8. The summed E-state index contributed by atoms with van der Waals surface area (Å²) < 4.78 is 0. The van der Waals surface area contributed by atoms with Crippen molar-refractivity contribution < 1.29 is 4.79 Å². The van der Waals surface area contributed by atoms with Gasteiger partial charge in [-0.15, -0.1) is 0 Å². The van der Waals surface area contributed by atoms with Crippen molar-refractivity contribution in [2.45, 2.75) is 59.9 Å². The zero-order valence-electron chi connectivity index (χ0n) is 13.9. The number of carbonyl (C=O) groups excluding carboxylic acids is 1. The van der Waals surface area contributed by atoms with Crippen molar-refractivity contribution in [1.82, 2.24) is 4.90 Å². The lowest BCUT2D eigenvalue weighted by atomic mass is 9.86. The highest BCUT2D eigenvalue weighted by atomic mass is 16.1. The number of hydrogen-bond donors (Lipinski definition) is 0. The molecule has 0 aliphatic carbocycles. The van der Waals surface area contributed by atoms with Crippen LogP contribution in [-0.4, -0.2) is 29.3 Å². The van der Waals surface area contributed by atoms with E-state index in [0.717, 1.165) is 19.5 Å². The summed E-state index contributed by atoms with van der Waals surface area (Å²) in [6.07, 6.45) is 1.40. The second-order valence-electron chi connectivity index (χ2n) is 5.83. The molecule has 2 heteroatoms. The van der Waals surface area contributed by atoms with Crippen molar-refractivity contribution in [2.24, 2.45) is 0 Å². The summed E-state index contributed by atoms with van der Waals surface area (Å²) in [6, 6.07) is 6.36. The lowest BCUT2D eigenvalue weighted by Crippen LogP contribution is -2.52. The van der Waals surface area contributed by atoms with Crippen LogP contribution < -0.4 is 0 Å². The molecule has 0 bridgehead atoms. The number of hydrogen-bond acceptors (Lipinski definition) is 2. The molecular formula is C18H29NO. The van der Waals surface area contributed by atoms with Crippen LogP contribution in [0.3, 0.4) is 0 Å². The standard InChI is InChI=1S/C18H29NO/c1-7-18(6,19(8-2)9-3)17(20)13-16-12-14(4)10-11-15(16)5/h10-12H,7-9,13H2,1-6H3. The van der Waals surface area contributed by atoms with Crippen LogP contribution >= 0.6 is 0 Å². The van der Waals surface area contributed by atoms with E-state index < -0.39 is 0 Å². The van der Waals surface area contributed by atoms with Crippen LogP contribution in [0.15, 0.2) is 18.2 Å². The summed E-state index contributed by atoms with van der Waals surface area (Å²) in [5.74, 6) is 0.331. The second-order valence-corrected chi connectivity index (χ2v) is 5.83. The lowest BCUT2D eigenvalue weighted by Gasteiger charge is -2.38. The van der Waals surface area contributed by atoms with Gasteiger partial charge in [0.25, 0.3) is 0 Å². The van der Waals surface area contributed by atoms with E-state index in [4.69, 9.17) is 0 Å². The molecule has 0 aliphatic heterocycles. The van der Waals surface area contributed by atoms with E-state index in [1.165, 1.54) is 16.7 Å². The van der Waals surface area contributed by atoms with Crippen LogP contribution in [0.2, 0.25) is 0 Å². The molecule has 0 saturated carbocycles. The van der Waals surface area contributed by atoms with E-state index in [1.807, 2.05) is 0 Å². The molecule has 0 aliphatic rings. The van der Waals surface area contributed by atoms with Gasteiger partial charge in [-0.2, -0.15) is 0 Å². The average molecular weight is 275 g/mol. The van der Waals surface area contributed by atoms with Crippen molar-refractivity contribution >= 4 is 5.78 Å². The number of likely N-dealkylation sites (N-methyl/N-ethyl adjacent to an activating group) is 1. The van der Waals surface area contributed by atoms with Gasteiger partial charge in [0.05, 0.1) is 5.54 Å². The molecule has 0 amide bonds. The number of benzene rings is 1. The van der Waals surface area contributed by atoms with E-state index in [9.17, 15) is 4.79 Å². The molecule has 20 heavy (non-hydrogen) atoms. The first-order valence-electron chi connectivity index (χ1n) is 7.73. The number of aryl methyl sites for hydroxylation is 2. The number of carbonyl (C=O) groups is 1. The van der Waals surface area contributed by atoms with Crippen LogP contribution in [0.4, 0.5) is 0 Å². The largest absolute Gasteiger partial charge is 0.297 e. The van der Waals surface area contributed by atoms with E-state index in [-0.39, 0.29) is 5.54 Å². The Bertz CT molecular complexity index is 462. The van der Waals surface area contributed by atoms with Crippen LogP contribution in [0, 0.1) is 13.8 Å². The Balaban J connectivity index is 3.00. The minimum Gasteiger partial charge on any atom is -0.297 e. The van der Waals surface area contributed by atoms with Crippen molar-refractivity contribution in [2.75, 3.05) is 13.1 Å². The van der Waals surface area contributed by atoms with E-state index in [0.29, 0.717) is 12.2 Å². The first-order valence-corrected chi connectivity index (χ1v) is 7.73. The first kappa shape index (κ1) is 16.9. The van der Waals surface area contributed by atoms with Gasteiger partial charge in [-0.3, -0.25) is 9.69 Å². The smallest absolute Gasteiger partial charge is 0.157 e. The van der Waals surface area contributed by atoms with Gasteiger partial charge in [0.2, 0.25) is 0 Å². The van der Waals surface area contributed by atoms with Gasteiger partial charge in [-0.1, -0.05) is 44.5 Å². The molecule has 112 valence electrons. The second kappa shape index (κ2) is 7.03. The normalized spacial score (nSPS) is 14.3. The van der Waals surface area contributed by atoms with Gasteiger partial charge in [0, 0.05) is 6.42 Å². The summed E-state index contributed by atoms with van der Waals surface area (Å²) in [6.45, 7) is 14.5. The minimum atomic E-state index is -0.348. The zero-order valence-corrected chi connectivity index (χ0v) is 13.9. The number of nitrogens with zero attached hydrogens (tertiary/aromatic N) is 1. The molecule has 0 radical (unpaired) electrons. The Kier molecular flexibility index (Phi) is 5.94. The SMILES string of the molecule is CCN(CC)C(C)(CC)C(=O)Cc1cc(C)ccc1C. The maximum atomic E-state index is 12.8. The van der Waals surface area contributed by atoms with Gasteiger partial charge in [-0.25, -0.2) is 0 Å². The predicted octanol–water partition coefficient (Wildman–Crippen LogP) is 3.93. The van der Waals surface area contributed by atoms with Crippen molar-refractivity contribution in [1.29, 1.82) is 0 Å². The van der Waals surface area contributed by atoms with Crippen molar-refractivity contribution in [3.8, 4) is 0 Å². The molecule has 1 aromatic rings. The van der Waals surface area contributed by atoms with Gasteiger partial charge < -0.3 is 0 Å². The van der Waals surface area contributed by atoms with Gasteiger partial charge in [0.1, 0.15) is 0 Å². The highest BCUT2D eigenvalue weighted by Gasteiger charge is 2.35. The Morgan fingerprint density at radius 2 is 1.75 bits per heavy atom. The molecule has 0 N–H and O–H groups in total. The summed E-state index contributed by atoms with van der Waals surface area (Å²) in [7, 11) is 0. The molecular weight excluding hydrogens is 246 g/mol. The monoisotopic (exact) mass is 275 g/mol. The third kappa shape index (κ3) is 3.49. The average Bonchev–Trinajstić information content (AvgIpc) is 2.43. The van der Waals surface area contributed by atoms with E-state index in [1.54, 1.807) is 0 Å². The number of rotatable bonds is 7. The summed E-state index contributed by atoms with van der Waals surface area (Å²) in [4.78, 5) is 15.1. The summed E-state index contributed by atoms with van der Waals surface area (Å²) in [5.41, 5.74) is 3.25. The number of ketones is 1. The molecule has 0 spiro atoms. The molecule has 0 saturated heterocycles. The summed E-state index contributed by atoms with van der Waals surface area (Å²) in [5, 5.41) is 0. The maximum Gasteiger partial charge on any atom is 0.157 e. The topological polar surface area (TPSA) is 20.3 Å². The van der Waals surface area contributed by atoms with Crippen LogP contribution in [0.25, 0.3) is 0 Å². The summed E-state index contributed by atoms with van der Waals surface area (Å²) >= 11 is 0. The predicted molar refractivity (Wildman–Crippen MR) is 86.2 cm³/mol. The Morgan fingerprint density at radius 3 is 2.25 bits per heavy atom. The third-order valence-corrected chi connectivity index (χ3v) is 4.61. The van der Waals surface area contributed by atoms with Crippen LogP contribution in [-0.2, 0) is 11.2 Å². The van der Waals surface area contributed by atoms with Gasteiger partial charge >= 0.3 is 0 Å². The lowest BCUT2D eigenvalue weighted by molar-refractivity contribution is -0.129. The fraction of sp³-hybridized carbons (Fsp3) is 0.611. The molecule has 1 unspecified atom stereocenters. The van der Waals surface area contributed by atoms with Crippen molar-refractivity contribution in [3.05, 3.63) is 34.9 Å². The van der Waals surface area contributed by atoms with Gasteiger partial charge in [-0.05, 0) is 51.4 Å². The Labute approximate surface area is 124 Å². The third-order valence-electron chi connectivity index (χ3n) is 4.61. The molecule has 1 aromatic carbocycles. The Morgan fingerprint density at radius 1 is 1.15 bits per heavy atom. The van der Waals surface area contributed by atoms with E-state index >= 15 is 0 Å². The highest BCUT2D eigenvalue weighted by molar-refractivity contribution is 5.90. The fourth-order valence-corrected chi connectivity index (χ4v) is 2.87. The molecule has 0 aromatic heterocycles. The highest BCUT2D eigenvalue weighted by Crippen LogP contribution is 2.23. The minimum absolute atomic E-state index is 0.331. The molecule has 0 fully saturated rings. The van der Waals surface area contributed by atoms with E-state index in [2.05, 4.69) is 64.6 Å². The fourth-order valence-electron chi connectivity index (χ4n) is 2.87. The Hall–Kier alpha value is -1.15. The molecule has 1 rings (SSSR count). The quantitative estimate of drug-likeness (QED) is 0.751. The number of Topliss-reactive ketones (excluding diaryl/α,β-unsaturated/α-hetero) is 1. The van der Waals surface area contributed by atoms with Crippen molar-refractivity contribution in [3.63, 3.8) is 0 Å². The molecule has 1 atom stereocenters. The molecule has 2 nitrogen and oxygen atoms in total. The van der Waals surface area contributed by atoms with Crippen LogP contribution in [0.5, 0.6) is 0 Å².